The summed E-state index contributed by atoms with van der Waals surface area (Å²) in [6.45, 7) is 2.84. The highest BCUT2D eigenvalue weighted by atomic mass is 32.2. The fourth-order valence-corrected chi connectivity index (χ4v) is 5.32. The van der Waals surface area contributed by atoms with Gasteiger partial charge in [0.15, 0.2) is 0 Å². The average Bonchev–Trinajstić information content (AvgIpc) is 3.23. The highest BCUT2D eigenvalue weighted by Gasteiger charge is 2.33. The van der Waals surface area contributed by atoms with Crippen LogP contribution in [-0.4, -0.2) is 38.2 Å². The zero-order valence-electron chi connectivity index (χ0n) is 20.8. The van der Waals surface area contributed by atoms with E-state index >= 15 is 0 Å². The van der Waals surface area contributed by atoms with Gasteiger partial charge in [0.1, 0.15) is 16.9 Å². The first kappa shape index (κ1) is 27.0. The van der Waals surface area contributed by atoms with E-state index in [9.17, 15) is 32.9 Å². The molecule has 4 rings (SSSR count). The van der Waals surface area contributed by atoms with E-state index in [2.05, 4.69) is 5.32 Å². The Bertz CT molecular complexity index is 1730. The number of nitrogens with one attached hydrogen (secondary N) is 1. The summed E-state index contributed by atoms with van der Waals surface area (Å²) in [5.41, 5.74) is 0.115. The van der Waals surface area contributed by atoms with Crippen molar-refractivity contribution in [2.24, 2.45) is 0 Å². The number of anilines is 2. The van der Waals surface area contributed by atoms with E-state index in [1.807, 2.05) is 0 Å². The monoisotopic (exact) mass is 551 g/mol. The van der Waals surface area contributed by atoms with Crippen LogP contribution in [0.15, 0.2) is 76.0 Å². The summed E-state index contributed by atoms with van der Waals surface area (Å²) in [6.07, 6.45) is 0. The molecule has 4 aromatic rings. The maximum absolute atomic E-state index is 13.9. The number of hydrogen-bond donors (Lipinski definition) is 1. The van der Waals surface area contributed by atoms with Gasteiger partial charge in [-0.2, -0.15) is 4.31 Å². The maximum Gasteiger partial charge on any atom is 0.342 e. The average molecular weight is 552 g/mol. The summed E-state index contributed by atoms with van der Waals surface area (Å²) in [4.78, 5) is 47.5. The fourth-order valence-electron chi connectivity index (χ4n) is 3.92. The van der Waals surface area contributed by atoms with Crippen LogP contribution in [0.4, 0.5) is 17.1 Å². The summed E-state index contributed by atoms with van der Waals surface area (Å²) in [6, 6.07) is 13.7. The Balaban J connectivity index is 1.90. The lowest BCUT2D eigenvalue weighted by molar-refractivity contribution is -0.384. The molecule has 0 saturated heterocycles. The molecule has 1 aromatic heterocycles. The van der Waals surface area contributed by atoms with Gasteiger partial charge in [0.25, 0.3) is 21.6 Å². The number of nitro groups is 1. The molecule has 0 radical (unpaired) electrons. The van der Waals surface area contributed by atoms with Crippen molar-refractivity contribution in [3.8, 4) is 0 Å². The molecule has 0 aliphatic heterocycles. The lowest BCUT2D eigenvalue weighted by Gasteiger charge is -2.23. The summed E-state index contributed by atoms with van der Waals surface area (Å²) >= 11 is 0. The summed E-state index contributed by atoms with van der Waals surface area (Å²) in [7, 11) is -3.40. The molecular weight excluding hydrogens is 530 g/mol. The topological polar surface area (TPSA) is 166 Å². The number of carbonyl (C=O) groups excluding carboxylic acids is 3. The number of methoxy groups -OCH3 is 1. The van der Waals surface area contributed by atoms with Crippen LogP contribution in [0.3, 0.4) is 0 Å². The van der Waals surface area contributed by atoms with E-state index in [0.717, 1.165) is 24.3 Å². The first-order valence-corrected chi connectivity index (χ1v) is 12.7. The van der Waals surface area contributed by atoms with Gasteiger partial charge in [0.2, 0.25) is 5.91 Å². The van der Waals surface area contributed by atoms with Crippen molar-refractivity contribution in [1.82, 2.24) is 0 Å². The predicted molar refractivity (Wildman–Crippen MR) is 140 cm³/mol. The third-order valence-electron chi connectivity index (χ3n) is 5.69. The van der Waals surface area contributed by atoms with Crippen LogP contribution in [0.25, 0.3) is 11.0 Å². The third-order valence-corrected chi connectivity index (χ3v) is 7.42. The highest BCUT2D eigenvalue weighted by Crippen LogP contribution is 2.33. The number of nitrogens with zero attached hydrogens (tertiary/aromatic N) is 2. The largest absolute Gasteiger partial charge is 0.465 e. The molecule has 1 N–H and O–H groups in total. The molecule has 0 spiro atoms. The molecule has 0 bridgehead atoms. The van der Waals surface area contributed by atoms with Crippen molar-refractivity contribution in [3.63, 3.8) is 0 Å². The Hall–Kier alpha value is -5.04. The Morgan fingerprint density at radius 2 is 1.64 bits per heavy atom. The number of benzene rings is 3. The predicted octanol–water partition coefficient (Wildman–Crippen LogP) is 4.43. The standard InChI is InChI=1S/C26H21N3O9S/c1-15-24(26(32)37-3)22-14-20(10-13-23(22)38-15)28(25(31)17-4-8-19(9-5-17)29(33)34)39(35,36)21-11-6-18(7-12-21)27-16(2)30/h4-14H,1-3H3,(H,27,30). The van der Waals surface area contributed by atoms with Crippen molar-refractivity contribution in [2.45, 2.75) is 18.7 Å². The van der Waals surface area contributed by atoms with E-state index < -0.39 is 26.8 Å². The van der Waals surface area contributed by atoms with Gasteiger partial charge >= 0.3 is 5.97 Å². The molecule has 0 fully saturated rings. The number of carbonyl (C=O) groups is 3. The number of sulfonamides is 1. The summed E-state index contributed by atoms with van der Waals surface area (Å²) in [5.74, 6) is -1.84. The molecule has 0 saturated carbocycles. The third kappa shape index (κ3) is 5.20. The molecule has 13 heteroatoms. The smallest absolute Gasteiger partial charge is 0.342 e. The normalized spacial score (nSPS) is 11.2. The first-order valence-electron chi connectivity index (χ1n) is 11.3. The van der Waals surface area contributed by atoms with E-state index in [0.29, 0.717) is 9.99 Å². The molecule has 12 nitrogen and oxygen atoms in total. The molecular formula is C26H21N3O9S. The van der Waals surface area contributed by atoms with E-state index in [1.165, 1.54) is 56.5 Å². The minimum atomic E-state index is -4.58. The maximum atomic E-state index is 13.9. The molecule has 2 amide bonds. The molecule has 39 heavy (non-hydrogen) atoms. The second-order valence-corrected chi connectivity index (χ2v) is 10.1. The second kappa shape index (κ2) is 10.4. The lowest BCUT2D eigenvalue weighted by atomic mass is 10.1. The fraction of sp³-hybridized carbons (Fsp3) is 0.115. The minimum Gasteiger partial charge on any atom is -0.465 e. The molecule has 3 aromatic carbocycles. The van der Waals surface area contributed by atoms with Gasteiger partial charge in [0, 0.05) is 35.7 Å². The number of aryl methyl sites for hydroxylation is 1. The SMILES string of the molecule is COC(=O)c1c(C)oc2ccc(N(C(=O)c3ccc([N+](=O)[O-])cc3)S(=O)(=O)c3ccc(NC(C)=O)cc3)cc12. The zero-order chi connectivity index (χ0) is 28.5. The van der Waals surface area contributed by atoms with Gasteiger partial charge in [-0.1, -0.05) is 0 Å². The molecule has 0 unspecified atom stereocenters. The quantitative estimate of drug-likeness (QED) is 0.199. The van der Waals surface area contributed by atoms with Crippen LogP contribution in [0.1, 0.15) is 33.4 Å². The minimum absolute atomic E-state index is 0.0640. The second-order valence-electron chi connectivity index (χ2n) is 8.29. The zero-order valence-corrected chi connectivity index (χ0v) is 21.6. The van der Waals surface area contributed by atoms with Gasteiger partial charge in [0.05, 0.1) is 22.6 Å². The van der Waals surface area contributed by atoms with Crippen molar-refractivity contribution < 1.29 is 36.9 Å². The van der Waals surface area contributed by atoms with Crippen molar-refractivity contribution in [3.05, 3.63) is 93.7 Å². The summed E-state index contributed by atoms with van der Waals surface area (Å²) < 4.78 is 38.7. The van der Waals surface area contributed by atoms with Gasteiger partial charge < -0.3 is 14.5 Å². The van der Waals surface area contributed by atoms with Gasteiger partial charge in [-0.3, -0.25) is 19.7 Å². The molecule has 200 valence electrons. The Kier molecular flexibility index (Phi) is 7.19. The van der Waals surface area contributed by atoms with Crippen LogP contribution in [0.5, 0.6) is 0 Å². The first-order chi connectivity index (χ1) is 18.4. The van der Waals surface area contributed by atoms with Gasteiger partial charge in [-0.05, 0) is 61.5 Å². The number of non-ortho nitro benzene ring substituents is 1. The van der Waals surface area contributed by atoms with Crippen molar-refractivity contribution >= 4 is 55.8 Å². The Morgan fingerprint density at radius 1 is 1.00 bits per heavy atom. The number of furan rings is 1. The van der Waals surface area contributed by atoms with E-state index in [4.69, 9.17) is 9.15 Å². The van der Waals surface area contributed by atoms with Gasteiger partial charge in [-0.25, -0.2) is 13.2 Å². The van der Waals surface area contributed by atoms with Crippen LogP contribution >= 0.6 is 0 Å². The molecule has 0 aliphatic rings. The summed E-state index contributed by atoms with van der Waals surface area (Å²) in [5, 5.41) is 13.8. The van der Waals surface area contributed by atoms with Crippen LogP contribution in [-0.2, 0) is 19.6 Å². The number of amides is 2. The van der Waals surface area contributed by atoms with Crippen molar-refractivity contribution in [2.75, 3.05) is 16.7 Å². The van der Waals surface area contributed by atoms with Crippen molar-refractivity contribution in [1.29, 1.82) is 0 Å². The van der Waals surface area contributed by atoms with E-state index in [-0.39, 0.29) is 50.0 Å². The highest BCUT2D eigenvalue weighted by molar-refractivity contribution is 7.93. The Morgan fingerprint density at radius 3 is 2.21 bits per heavy atom. The number of rotatable bonds is 7. The van der Waals surface area contributed by atoms with Crippen LogP contribution < -0.4 is 9.62 Å². The Labute approximate surface area is 222 Å². The van der Waals surface area contributed by atoms with E-state index in [1.54, 1.807) is 6.92 Å². The number of nitro benzene ring substituents is 1. The lowest BCUT2D eigenvalue weighted by Crippen LogP contribution is -2.37. The number of hydrogen-bond acceptors (Lipinski definition) is 9. The molecule has 0 aliphatic carbocycles. The number of fused-ring (bicyclic) bond motifs is 1. The number of esters is 1. The molecule has 0 atom stereocenters. The number of ether oxygens (including phenoxy) is 1. The van der Waals surface area contributed by atoms with Gasteiger partial charge in [-0.15, -0.1) is 0 Å². The molecule has 1 heterocycles. The van der Waals surface area contributed by atoms with Crippen LogP contribution in [0.2, 0.25) is 0 Å². The van der Waals surface area contributed by atoms with Crippen LogP contribution in [0, 0.1) is 17.0 Å².